The van der Waals surface area contributed by atoms with Gasteiger partial charge in [0, 0.05) is 11.0 Å². The smallest absolute Gasteiger partial charge is 0.120 e. The minimum absolute atomic E-state index is 0.385. The van der Waals surface area contributed by atoms with E-state index in [4.69, 9.17) is 10.5 Å². The fraction of sp³-hybridized carbons (Fsp3) is 0.600. The number of benzene rings is 1. The van der Waals surface area contributed by atoms with Crippen molar-refractivity contribution < 1.29 is 4.74 Å². The molecule has 0 spiro atoms. The Morgan fingerprint density at radius 3 is 2.83 bits per heavy atom. The van der Waals surface area contributed by atoms with E-state index < -0.39 is 0 Å². The highest BCUT2D eigenvalue weighted by atomic mass is 79.9. The van der Waals surface area contributed by atoms with Gasteiger partial charge in [-0.15, -0.1) is 0 Å². The average Bonchev–Trinajstić information content (AvgIpc) is 2.41. The predicted molar refractivity (Wildman–Crippen MR) is 78.7 cm³/mol. The van der Waals surface area contributed by atoms with Crippen LogP contribution in [0.3, 0.4) is 0 Å². The highest BCUT2D eigenvalue weighted by molar-refractivity contribution is 9.10. The highest BCUT2D eigenvalue weighted by Crippen LogP contribution is 2.31. The van der Waals surface area contributed by atoms with E-state index in [0.29, 0.717) is 18.6 Å². The average molecular weight is 312 g/mol. The maximum absolute atomic E-state index is 6.18. The van der Waals surface area contributed by atoms with Crippen molar-refractivity contribution >= 4 is 15.9 Å². The Hall–Kier alpha value is -0.540. The van der Waals surface area contributed by atoms with Crippen molar-refractivity contribution in [2.45, 2.75) is 51.7 Å². The Labute approximate surface area is 118 Å². The van der Waals surface area contributed by atoms with Gasteiger partial charge in [-0.3, -0.25) is 0 Å². The lowest BCUT2D eigenvalue weighted by Crippen LogP contribution is -2.29. The van der Waals surface area contributed by atoms with E-state index in [1.807, 2.05) is 12.1 Å². The molecule has 1 aliphatic rings. The predicted octanol–water partition coefficient (Wildman–Crippen LogP) is 4.26. The zero-order valence-corrected chi connectivity index (χ0v) is 12.6. The fourth-order valence-corrected chi connectivity index (χ4v) is 3.16. The van der Waals surface area contributed by atoms with Crippen molar-refractivity contribution in [1.82, 2.24) is 0 Å². The van der Waals surface area contributed by atoms with Crippen LogP contribution in [-0.2, 0) is 6.54 Å². The molecule has 1 fully saturated rings. The summed E-state index contributed by atoms with van der Waals surface area (Å²) in [6, 6.07) is 6.12. The summed E-state index contributed by atoms with van der Waals surface area (Å²) in [6.45, 7) is 2.80. The van der Waals surface area contributed by atoms with Crippen molar-refractivity contribution in [3.8, 4) is 5.75 Å². The quantitative estimate of drug-likeness (QED) is 0.902. The van der Waals surface area contributed by atoms with Crippen LogP contribution in [0.15, 0.2) is 22.7 Å². The third kappa shape index (κ3) is 3.27. The minimum atomic E-state index is 0.385. The summed E-state index contributed by atoms with van der Waals surface area (Å²) in [5.41, 5.74) is 6.83. The minimum Gasteiger partial charge on any atom is -0.490 e. The topological polar surface area (TPSA) is 35.2 Å². The van der Waals surface area contributed by atoms with E-state index in [1.54, 1.807) is 0 Å². The lowest BCUT2D eigenvalue weighted by molar-refractivity contribution is 0.0903. The lowest BCUT2D eigenvalue weighted by atomic mass is 9.85. The Kier molecular flexibility index (Phi) is 5.07. The summed E-state index contributed by atoms with van der Waals surface area (Å²) in [5, 5.41) is 0. The van der Waals surface area contributed by atoms with Crippen molar-refractivity contribution in [1.29, 1.82) is 0 Å². The van der Waals surface area contributed by atoms with E-state index in [2.05, 4.69) is 28.9 Å². The summed E-state index contributed by atoms with van der Waals surface area (Å²) in [7, 11) is 0. The number of ether oxygens (including phenoxy) is 1. The molecule has 18 heavy (non-hydrogen) atoms. The summed E-state index contributed by atoms with van der Waals surface area (Å²) >= 11 is 3.51. The van der Waals surface area contributed by atoms with E-state index in [9.17, 15) is 0 Å². The maximum atomic E-state index is 6.18. The van der Waals surface area contributed by atoms with E-state index in [-0.39, 0.29) is 0 Å². The van der Waals surface area contributed by atoms with Crippen LogP contribution >= 0.6 is 15.9 Å². The van der Waals surface area contributed by atoms with Crippen molar-refractivity contribution in [2.24, 2.45) is 11.7 Å². The van der Waals surface area contributed by atoms with E-state index in [1.165, 1.54) is 32.1 Å². The van der Waals surface area contributed by atoms with Gasteiger partial charge in [0.2, 0.25) is 0 Å². The van der Waals surface area contributed by atoms with Crippen LogP contribution in [-0.4, -0.2) is 6.10 Å². The normalized spacial score (nSPS) is 23.9. The molecule has 0 radical (unpaired) electrons. The van der Waals surface area contributed by atoms with Gasteiger partial charge in [-0.1, -0.05) is 29.3 Å². The molecule has 2 atom stereocenters. The Balaban J connectivity index is 2.07. The molecule has 0 bridgehead atoms. The second-order valence-corrected chi connectivity index (χ2v) is 5.92. The first-order valence-electron chi connectivity index (χ1n) is 6.89. The molecule has 0 saturated heterocycles. The van der Waals surface area contributed by atoms with E-state index >= 15 is 0 Å². The van der Waals surface area contributed by atoms with Crippen LogP contribution in [0.1, 0.15) is 44.6 Å². The van der Waals surface area contributed by atoms with E-state index in [0.717, 1.165) is 15.8 Å². The van der Waals surface area contributed by atoms with Crippen LogP contribution in [0.4, 0.5) is 0 Å². The fourth-order valence-electron chi connectivity index (χ4n) is 2.75. The van der Waals surface area contributed by atoms with Gasteiger partial charge in [-0.2, -0.15) is 0 Å². The zero-order chi connectivity index (χ0) is 13.0. The maximum Gasteiger partial charge on any atom is 0.120 e. The summed E-state index contributed by atoms with van der Waals surface area (Å²) < 4.78 is 7.24. The molecule has 2 rings (SSSR count). The standard InChI is InChI=1S/C15H22BrNO/c1-2-11-5-3-4-6-15(11)18-13-7-8-14(16)12(9-13)10-17/h7-9,11,15H,2-6,10,17H2,1H3. The molecule has 1 saturated carbocycles. The molecule has 0 heterocycles. The number of hydrogen-bond acceptors (Lipinski definition) is 2. The van der Waals surface area contributed by atoms with Crippen LogP contribution in [0.5, 0.6) is 5.75 Å². The number of rotatable bonds is 4. The second kappa shape index (κ2) is 6.58. The van der Waals surface area contributed by atoms with Gasteiger partial charge >= 0.3 is 0 Å². The first kappa shape index (κ1) is 13.9. The second-order valence-electron chi connectivity index (χ2n) is 5.07. The molecular weight excluding hydrogens is 290 g/mol. The summed E-state index contributed by atoms with van der Waals surface area (Å²) in [5.74, 6) is 1.67. The third-order valence-electron chi connectivity index (χ3n) is 3.89. The number of hydrogen-bond donors (Lipinski definition) is 1. The van der Waals surface area contributed by atoms with Crippen LogP contribution in [0, 0.1) is 5.92 Å². The molecule has 2 unspecified atom stereocenters. The summed E-state index contributed by atoms with van der Waals surface area (Å²) in [6.07, 6.45) is 6.74. The lowest BCUT2D eigenvalue weighted by Gasteiger charge is -2.31. The molecule has 100 valence electrons. The van der Waals surface area contributed by atoms with Crippen LogP contribution in [0.2, 0.25) is 0 Å². The molecule has 0 aliphatic heterocycles. The number of halogens is 1. The Morgan fingerprint density at radius 2 is 2.11 bits per heavy atom. The molecule has 1 aromatic rings. The molecule has 0 amide bonds. The Morgan fingerprint density at radius 1 is 1.33 bits per heavy atom. The van der Waals surface area contributed by atoms with Gasteiger partial charge < -0.3 is 10.5 Å². The highest BCUT2D eigenvalue weighted by Gasteiger charge is 2.25. The molecule has 2 N–H and O–H groups in total. The van der Waals surface area contributed by atoms with Gasteiger partial charge in [0.1, 0.15) is 11.9 Å². The monoisotopic (exact) mass is 311 g/mol. The van der Waals surface area contributed by atoms with Gasteiger partial charge in [-0.05, 0) is 55.4 Å². The first-order valence-corrected chi connectivity index (χ1v) is 7.69. The molecular formula is C15H22BrNO. The number of nitrogens with two attached hydrogens (primary N) is 1. The first-order chi connectivity index (χ1) is 8.74. The van der Waals surface area contributed by atoms with Crippen molar-refractivity contribution in [3.63, 3.8) is 0 Å². The van der Waals surface area contributed by atoms with Gasteiger partial charge in [0.05, 0.1) is 0 Å². The molecule has 1 aliphatic carbocycles. The third-order valence-corrected chi connectivity index (χ3v) is 4.66. The molecule has 3 heteroatoms. The summed E-state index contributed by atoms with van der Waals surface area (Å²) in [4.78, 5) is 0. The van der Waals surface area contributed by atoms with Crippen LogP contribution in [0.25, 0.3) is 0 Å². The SMILES string of the molecule is CCC1CCCCC1Oc1ccc(Br)c(CN)c1. The van der Waals surface area contributed by atoms with Crippen molar-refractivity contribution in [2.75, 3.05) is 0 Å². The largest absolute Gasteiger partial charge is 0.490 e. The van der Waals surface area contributed by atoms with Gasteiger partial charge in [0.15, 0.2) is 0 Å². The Bertz CT molecular complexity index is 394. The van der Waals surface area contributed by atoms with Gasteiger partial charge in [-0.25, -0.2) is 0 Å². The molecule has 0 aromatic heterocycles. The zero-order valence-electron chi connectivity index (χ0n) is 11.0. The van der Waals surface area contributed by atoms with Crippen LogP contribution < -0.4 is 10.5 Å². The van der Waals surface area contributed by atoms with Gasteiger partial charge in [0.25, 0.3) is 0 Å². The molecule has 2 nitrogen and oxygen atoms in total. The van der Waals surface area contributed by atoms with Crippen molar-refractivity contribution in [3.05, 3.63) is 28.2 Å². The molecule has 1 aromatic carbocycles.